The van der Waals surface area contributed by atoms with Gasteiger partial charge in [0.05, 0.1) is 46.9 Å². The van der Waals surface area contributed by atoms with Crippen molar-refractivity contribution < 1.29 is 58.6 Å². The van der Waals surface area contributed by atoms with Crippen molar-refractivity contribution in [3.63, 3.8) is 0 Å². The van der Waals surface area contributed by atoms with Gasteiger partial charge in [0.25, 0.3) is 11.8 Å². The number of para-hydroxylation sites is 2. The number of carbonyl (C=O) groups excluding carboxylic acids is 4. The van der Waals surface area contributed by atoms with Gasteiger partial charge in [-0.2, -0.15) is 0 Å². The fourth-order valence-electron chi connectivity index (χ4n) is 10.4. The van der Waals surface area contributed by atoms with E-state index in [1.54, 1.807) is 48.5 Å². The molecule has 8 rings (SSSR count). The van der Waals surface area contributed by atoms with E-state index in [1.165, 1.54) is 24.3 Å². The average molecular weight is 1180 g/mol. The van der Waals surface area contributed by atoms with Crippen LogP contribution in [0.3, 0.4) is 0 Å². The predicted octanol–water partition coefficient (Wildman–Crippen LogP) is 9.20. The second kappa shape index (κ2) is 32.5. The maximum Gasteiger partial charge on any atom is 2.00 e. The van der Waals surface area contributed by atoms with Crippen molar-refractivity contribution in [1.29, 1.82) is 0 Å². The number of amides is 2. The van der Waals surface area contributed by atoms with Crippen molar-refractivity contribution in [2.24, 2.45) is 0 Å². The minimum atomic E-state index is -1.39. The predicted molar refractivity (Wildman–Crippen MR) is 321 cm³/mol. The third-order valence-corrected chi connectivity index (χ3v) is 13.8. The summed E-state index contributed by atoms with van der Waals surface area (Å²) in [5.41, 5.74) is 9.43. The number of anilines is 2. The van der Waals surface area contributed by atoms with Gasteiger partial charge in [0.1, 0.15) is 11.6 Å². The minimum Gasteiger partial charge on any atom is -0.550 e. The van der Waals surface area contributed by atoms with Gasteiger partial charge in [0.15, 0.2) is 0 Å². The molecule has 4 atom stereocenters. The summed E-state index contributed by atoms with van der Waals surface area (Å²) in [6.45, 7) is 8.45. The molecule has 0 aliphatic carbocycles. The number of aliphatic hydroxyl groups excluding tert-OH is 4. The van der Waals surface area contributed by atoms with Crippen LogP contribution in [0.2, 0.25) is 0 Å². The van der Waals surface area contributed by atoms with E-state index in [-0.39, 0.29) is 118 Å². The van der Waals surface area contributed by atoms with Crippen LogP contribution in [-0.2, 0) is 22.7 Å². The molecule has 0 spiro atoms. The smallest absolute Gasteiger partial charge is 0.550 e. The second-order valence-corrected chi connectivity index (χ2v) is 20.8. The number of halogens is 2. The summed E-state index contributed by atoms with van der Waals surface area (Å²) >= 11 is 0. The van der Waals surface area contributed by atoms with E-state index in [4.69, 9.17) is 0 Å². The van der Waals surface area contributed by atoms with Crippen LogP contribution in [-0.4, -0.2) is 133 Å². The monoisotopic (exact) mass is 1180 g/mol. The van der Waals surface area contributed by atoms with Gasteiger partial charge in [0.2, 0.25) is 0 Å². The zero-order chi connectivity index (χ0) is 59.0. The Balaban J connectivity index is 0.000000300. The molecule has 6 N–H and O–H groups in total. The van der Waals surface area contributed by atoms with E-state index in [9.17, 15) is 58.6 Å². The first-order chi connectivity index (χ1) is 39.3. The van der Waals surface area contributed by atoms with Crippen molar-refractivity contribution in [3.05, 3.63) is 204 Å². The first-order valence-corrected chi connectivity index (χ1v) is 27.3. The number of aliphatic carboxylic acids is 2. The third kappa shape index (κ3) is 18.1. The van der Waals surface area contributed by atoms with Crippen molar-refractivity contribution in [3.8, 4) is 44.8 Å². The summed E-state index contributed by atoms with van der Waals surface area (Å²) in [6.07, 6.45) is -5.54. The number of hydrogen-bond acceptors (Lipinski definition) is 10. The number of aliphatic hydroxyl groups is 4. The van der Waals surface area contributed by atoms with Crippen LogP contribution in [0, 0.1) is 11.6 Å². The van der Waals surface area contributed by atoms with Crippen molar-refractivity contribution >= 4 is 90.2 Å². The number of nitrogens with one attached hydrogen (secondary N) is 2. The number of rotatable bonds is 24. The van der Waals surface area contributed by atoms with Crippen molar-refractivity contribution in [2.75, 3.05) is 10.6 Å². The van der Waals surface area contributed by atoms with E-state index in [0.717, 1.165) is 22.5 Å². The molecule has 0 aliphatic heterocycles. The number of aromatic nitrogens is 2. The fourth-order valence-corrected chi connectivity index (χ4v) is 10.4. The number of hydrogen-bond donors (Lipinski definition) is 6. The van der Waals surface area contributed by atoms with Crippen LogP contribution >= 0.6 is 0 Å². The molecular formula is C66H68AlCaF2N4O10. The molecule has 2 amide bonds. The molecule has 0 saturated carbocycles. The van der Waals surface area contributed by atoms with Crippen LogP contribution in [0.5, 0.6) is 0 Å². The summed E-state index contributed by atoms with van der Waals surface area (Å²) in [4.78, 5) is 49.8. The minimum absolute atomic E-state index is 0. The zero-order valence-corrected chi connectivity index (χ0v) is 50.8. The maximum absolute atomic E-state index is 14.0. The van der Waals surface area contributed by atoms with E-state index in [0.29, 0.717) is 56.1 Å². The Morgan fingerprint density at radius 3 is 1.04 bits per heavy atom. The number of carbonyl (C=O) groups is 4. The Labute approximate surface area is 529 Å². The van der Waals surface area contributed by atoms with Crippen molar-refractivity contribution in [1.82, 2.24) is 9.13 Å². The number of nitrogens with zero attached hydrogens (tertiary/aromatic N) is 2. The molecule has 0 aliphatic rings. The Hall–Kier alpha value is -6.75. The zero-order valence-electron chi connectivity index (χ0n) is 47.5. The Morgan fingerprint density at radius 1 is 0.452 bits per heavy atom. The van der Waals surface area contributed by atoms with Crippen molar-refractivity contribution in [2.45, 2.75) is 116 Å². The largest absolute Gasteiger partial charge is 2.00 e. The molecular weight excluding hydrogens is 1110 g/mol. The van der Waals surface area contributed by atoms with E-state index in [1.807, 2.05) is 134 Å². The Bertz CT molecular complexity index is 3180. The normalized spacial score (nSPS) is 12.4. The average Bonchev–Trinajstić information content (AvgIpc) is 2.49. The Morgan fingerprint density at radius 2 is 0.750 bits per heavy atom. The van der Waals surface area contributed by atoms with Crippen LogP contribution in [0.1, 0.15) is 110 Å². The molecule has 0 bridgehead atoms. The van der Waals surface area contributed by atoms with Gasteiger partial charge in [-0.15, -0.1) is 0 Å². The SMILES string of the molecule is CC(C)c1c(C(=O)Nc2ccccc2)c(-c2ccccc2)c(-c2ccc(F)cc2)n1CC[C@@H](O)C[C@@H](O)CC(=O)[O-].CC(C)c1c(C(=O)Nc2ccccc2)c(-c2ccccc2)c(-c2ccc(F)cc2)n1CC[C@@H](O)C[C@@H](O)CC(=O)[O-].[Al].[Ca+2]. The Kier molecular flexibility index (Phi) is 26.3. The summed E-state index contributed by atoms with van der Waals surface area (Å²) < 4.78 is 32.0. The molecule has 0 unspecified atom stereocenters. The van der Waals surface area contributed by atoms with E-state index in [2.05, 4.69) is 10.6 Å². The molecule has 431 valence electrons. The molecule has 0 fully saturated rings. The molecule has 6 aromatic carbocycles. The molecule has 2 heterocycles. The molecule has 3 radical (unpaired) electrons. The van der Waals surface area contributed by atoms with Gasteiger partial charge < -0.3 is 60.0 Å². The molecule has 18 heteroatoms. The summed E-state index contributed by atoms with van der Waals surface area (Å²) in [6, 6.07) is 49.4. The topological polar surface area (TPSA) is 229 Å². The number of benzene rings is 6. The van der Waals surface area contributed by atoms with Gasteiger partial charge in [-0.25, -0.2) is 8.78 Å². The quantitative estimate of drug-likeness (QED) is 0.0314. The standard InChI is InChI=1S/2C33H35FN2O5.Al.Ca/c2*1-21(2)31-30(33(41)35-25-11-7-4-8-12-25)29(22-9-5-3-6-10-22)32(23-13-15-24(34)16-14-23)36(31)18-17-26(37)19-27(38)20-28(39)40;;/h2*3-16,21,26-27,37-38H,17-20H2,1-2H3,(H,35,41)(H,39,40);;/q;;;+2/p-2/t2*26-,27-;;/m11../s1. The van der Waals surface area contributed by atoms with Crippen LogP contribution < -0.4 is 20.8 Å². The summed E-state index contributed by atoms with van der Waals surface area (Å²) in [5.74, 6) is -4.41. The number of carboxylic acids is 2. The number of carboxylic acid groups (broad SMARTS) is 2. The van der Waals surface area contributed by atoms with E-state index < -0.39 is 60.8 Å². The molecule has 8 aromatic rings. The maximum atomic E-state index is 14.0. The second-order valence-electron chi connectivity index (χ2n) is 20.8. The van der Waals surface area contributed by atoms with Gasteiger partial charge >= 0.3 is 37.7 Å². The van der Waals surface area contributed by atoms with Gasteiger partial charge in [-0.3, -0.25) is 9.59 Å². The third-order valence-electron chi connectivity index (χ3n) is 13.8. The van der Waals surface area contributed by atoms with Gasteiger partial charge in [-0.1, -0.05) is 125 Å². The summed E-state index contributed by atoms with van der Waals surface area (Å²) in [5, 5.41) is 69.2. The molecule has 84 heavy (non-hydrogen) atoms. The van der Waals surface area contributed by atoms with Crippen LogP contribution in [0.15, 0.2) is 170 Å². The molecule has 0 saturated heterocycles. The first-order valence-electron chi connectivity index (χ1n) is 27.3. The van der Waals surface area contributed by atoms with Crippen LogP contribution in [0.25, 0.3) is 44.8 Å². The van der Waals surface area contributed by atoms with Gasteiger partial charge in [0, 0.05) is 89.1 Å². The molecule has 2 aromatic heterocycles. The first kappa shape index (κ1) is 68.0. The van der Waals surface area contributed by atoms with Crippen LogP contribution in [0.4, 0.5) is 20.2 Å². The summed E-state index contributed by atoms with van der Waals surface area (Å²) in [7, 11) is 0. The van der Waals surface area contributed by atoms with Gasteiger partial charge in [-0.05, 0) is 133 Å². The fraction of sp³-hybridized carbons (Fsp3) is 0.273. The molecule has 14 nitrogen and oxygen atoms in total. The van der Waals surface area contributed by atoms with E-state index >= 15 is 0 Å².